The first-order valence-electron chi connectivity index (χ1n) is 14.6. The first kappa shape index (κ1) is 35.6. The summed E-state index contributed by atoms with van der Waals surface area (Å²) >= 11 is 0. The Morgan fingerprint density at radius 3 is 1.72 bits per heavy atom. The van der Waals surface area contributed by atoms with Gasteiger partial charge in [-0.3, -0.25) is 0 Å². The van der Waals surface area contributed by atoms with Crippen molar-refractivity contribution >= 4 is 0 Å². The van der Waals surface area contributed by atoms with Crippen molar-refractivity contribution in [1.29, 1.82) is 0 Å². The molecule has 0 bridgehead atoms. The van der Waals surface area contributed by atoms with Gasteiger partial charge in [0.1, 0.15) is 12.4 Å². The summed E-state index contributed by atoms with van der Waals surface area (Å²) in [5.74, 6) is 4.91. The number of terminal acetylenes is 1. The zero-order valence-corrected chi connectivity index (χ0v) is 29.8. The Kier molecular flexibility index (Phi) is 13.1. The van der Waals surface area contributed by atoms with E-state index in [0.29, 0.717) is 0 Å². The average molecular weight is 787 g/mol. The van der Waals surface area contributed by atoms with E-state index >= 15 is 0 Å². The quantitative estimate of drug-likeness (QED) is 0.135. The van der Waals surface area contributed by atoms with Crippen LogP contribution in [0.4, 0.5) is 0 Å². The fourth-order valence-electron chi connectivity index (χ4n) is 4.35. The zero-order valence-electron chi connectivity index (χ0n) is 27.3. The maximum atomic E-state index is 5.36. The molecule has 6 rings (SSSR count). The second-order valence-electron chi connectivity index (χ2n) is 10.4. The Hall–Kier alpha value is -4.91. The van der Waals surface area contributed by atoms with Crippen LogP contribution in [-0.2, 0) is 19.8 Å². The summed E-state index contributed by atoms with van der Waals surface area (Å²) in [7, 11) is 0. The molecule has 46 heavy (non-hydrogen) atoms. The summed E-state index contributed by atoms with van der Waals surface area (Å²) in [5.41, 5.74) is 9.87. The normalized spacial score (nSPS) is 9.96. The minimum absolute atomic E-state index is 0. The molecule has 0 fully saturated rings. The molecule has 1 radical (unpaired) electrons. The van der Waals surface area contributed by atoms with Gasteiger partial charge in [0.2, 0.25) is 0 Å². The Morgan fingerprint density at radius 1 is 0.717 bits per heavy atom. The Morgan fingerprint density at radius 2 is 1.28 bits per heavy atom. The van der Waals surface area contributed by atoms with Gasteiger partial charge in [0, 0.05) is 30.0 Å². The first-order valence-corrected chi connectivity index (χ1v) is 14.6. The van der Waals surface area contributed by atoms with Gasteiger partial charge in [-0.25, -0.2) is 19.3 Å². The van der Waals surface area contributed by atoms with Crippen molar-refractivity contribution in [1.82, 2.24) is 34.5 Å². The van der Waals surface area contributed by atoms with Gasteiger partial charge in [-0.2, -0.15) is 10.2 Å². The maximum absolute atomic E-state index is 5.36. The second-order valence-corrected chi connectivity index (χ2v) is 10.4. The number of aryl methyl sites for hydroxylation is 3. The third kappa shape index (κ3) is 9.06. The number of aromatic nitrogens is 7. The monoisotopic (exact) mass is 788 g/mol. The van der Waals surface area contributed by atoms with Gasteiger partial charge in [0.25, 0.3) is 0 Å². The summed E-state index contributed by atoms with van der Waals surface area (Å²) in [5, 5.41) is 8.87. The summed E-state index contributed by atoms with van der Waals surface area (Å²) in [4.78, 5) is 12.8. The third-order valence-electron chi connectivity index (χ3n) is 7.33. The van der Waals surface area contributed by atoms with Crippen molar-refractivity contribution in [2.75, 3.05) is 6.61 Å². The molecule has 5 aromatic heterocycles. The molecule has 0 saturated carbocycles. The van der Waals surface area contributed by atoms with Crippen LogP contribution in [0.3, 0.4) is 0 Å². The molecular formula is C37H38N7OOs. The number of ether oxygens (including phenoxy) is 1. The van der Waals surface area contributed by atoms with Crippen LogP contribution in [0.2, 0.25) is 0 Å². The van der Waals surface area contributed by atoms with Gasteiger partial charge in [-0.1, -0.05) is 25.0 Å². The van der Waals surface area contributed by atoms with Crippen LogP contribution in [0.25, 0.3) is 22.9 Å². The van der Waals surface area contributed by atoms with E-state index in [2.05, 4.69) is 64.8 Å². The van der Waals surface area contributed by atoms with E-state index in [1.165, 1.54) is 16.7 Å². The van der Waals surface area contributed by atoms with Gasteiger partial charge >= 0.3 is 19.8 Å². The number of rotatable bonds is 5. The van der Waals surface area contributed by atoms with Gasteiger partial charge in [0.05, 0.1) is 11.4 Å². The Balaban J connectivity index is 0.000000187. The molecule has 8 nitrogen and oxygen atoms in total. The predicted octanol–water partition coefficient (Wildman–Crippen LogP) is 7.25. The SMILES string of the molecule is C#CCOc1ccnc(-c2[c-]ccc(C)c2)c1.Cc1nn(-c2ccccn2)c(C)c1C.Cc1nn(-c2ccccn2)c(C)c1C.[Os+]. The summed E-state index contributed by atoms with van der Waals surface area (Å²) < 4.78 is 9.12. The fraction of sp³-hybridized carbons (Fsp3) is 0.216. The van der Waals surface area contributed by atoms with Crippen molar-refractivity contribution in [3.05, 3.63) is 131 Å². The number of nitrogens with zero attached hydrogens (tertiary/aromatic N) is 7. The molecule has 0 N–H and O–H groups in total. The molecular weight excluding hydrogens is 749 g/mol. The molecule has 0 aliphatic rings. The van der Waals surface area contributed by atoms with Crippen LogP contribution >= 0.6 is 0 Å². The van der Waals surface area contributed by atoms with Crippen LogP contribution in [0.1, 0.15) is 39.5 Å². The molecule has 0 saturated heterocycles. The number of pyridine rings is 3. The standard InChI is InChI=1S/C15H12NO.2C11H13N3.Os/c1-3-9-17-14-7-8-16-15(11-14)13-6-4-5-12(2)10-13;2*1-8-9(2)13-14(10(8)3)11-6-4-5-7-12-11;/h1,4-5,7-8,10-11H,9H2,2H3;2*4-7H,1-3H3;/q-1;;;+1. The molecule has 9 heteroatoms. The fourth-order valence-corrected chi connectivity index (χ4v) is 4.35. The van der Waals surface area contributed by atoms with Gasteiger partial charge in [-0.05, 0) is 94.8 Å². The molecule has 0 aliphatic carbocycles. The summed E-state index contributed by atoms with van der Waals surface area (Å²) in [6.45, 7) is 14.6. The zero-order chi connectivity index (χ0) is 32.3. The van der Waals surface area contributed by atoms with Crippen LogP contribution in [0, 0.1) is 66.9 Å². The van der Waals surface area contributed by atoms with E-state index in [0.717, 1.165) is 51.4 Å². The van der Waals surface area contributed by atoms with E-state index in [-0.39, 0.29) is 26.4 Å². The van der Waals surface area contributed by atoms with Crippen LogP contribution in [-0.4, -0.2) is 41.1 Å². The first-order chi connectivity index (χ1) is 21.7. The number of hydrogen-bond donors (Lipinski definition) is 0. The molecule has 0 spiro atoms. The molecule has 0 aliphatic heterocycles. The van der Waals surface area contributed by atoms with E-state index < -0.39 is 0 Å². The molecule has 0 atom stereocenters. The minimum atomic E-state index is 0. The average Bonchev–Trinajstić information content (AvgIpc) is 3.49. The molecule has 1 aromatic carbocycles. The minimum Gasteiger partial charge on any atom is -0.482 e. The summed E-state index contributed by atoms with van der Waals surface area (Å²) in [6, 6.07) is 24.4. The van der Waals surface area contributed by atoms with E-state index in [4.69, 9.17) is 11.2 Å². The van der Waals surface area contributed by atoms with Crippen molar-refractivity contribution in [3.63, 3.8) is 0 Å². The van der Waals surface area contributed by atoms with Crippen molar-refractivity contribution in [2.45, 2.75) is 48.5 Å². The van der Waals surface area contributed by atoms with Gasteiger partial charge in [-0.15, -0.1) is 41.8 Å². The van der Waals surface area contributed by atoms with Gasteiger partial charge in [0.15, 0.2) is 11.6 Å². The molecule has 5 heterocycles. The molecule has 6 aromatic rings. The van der Waals surface area contributed by atoms with E-state index in [1.54, 1.807) is 24.7 Å². The van der Waals surface area contributed by atoms with E-state index in [1.807, 2.05) is 90.8 Å². The topological polar surface area (TPSA) is 83.5 Å². The van der Waals surface area contributed by atoms with Gasteiger partial charge < -0.3 is 9.72 Å². The van der Waals surface area contributed by atoms with Crippen LogP contribution in [0.5, 0.6) is 5.75 Å². The van der Waals surface area contributed by atoms with Crippen molar-refractivity contribution < 1.29 is 24.5 Å². The smallest absolute Gasteiger partial charge is 0.482 e. The third-order valence-corrected chi connectivity index (χ3v) is 7.33. The Labute approximate surface area is 285 Å². The molecule has 0 unspecified atom stereocenters. The second kappa shape index (κ2) is 17.0. The van der Waals surface area contributed by atoms with E-state index in [9.17, 15) is 0 Å². The largest absolute Gasteiger partial charge is 1.00 e. The number of hydrogen-bond acceptors (Lipinski definition) is 6. The molecule has 0 amide bonds. The van der Waals surface area contributed by atoms with Crippen molar-refractivity contribution in [3.8, 4) is 41.0 Å². The molecule has 235 valence electrons. The van der Waals surface area contributed by atoms with Crippen LogP contribution < -0.4 is 4.74 Å². The maximum Gasteiger partial charge on any atom is 1.00 e. The predicted molar refractivity (Wildman–Crippen MR) is 179 cm³/mol. The number of benzene rings is 1. The summed E-state index contributed by atoms with van der Waals surface area (Å²) in [6.07, 6.45) is 10.4. The van der Waals surface area contributed by atoms with Crippen molar-refractivity contribution in [2.24, 2.45) is 0 Å². The Bertz CT molecular complexity index is 1800. The van der Waals surface area contributed by atoms with Crippen LogP contribution in [0.15, 0.2) is 85.3 Å².